The summed E-state index contributed by atoms with van der Waals surface area (Å²) in [5.41, 5.74) is -6.33. The third-order valence-electron chi connectivity index (χ3n) is 1.59. The van der Waals surface area contributed by atoms with Crippen LogP contribution in [-0.4, -0.2) is 9.72 Å². The van der Waals surface area contributed by atoms with Gasteiger partial charge in [-0.05, 0) is 18.2 Å². The highest BCUT2D eigenvalue weighted by Crippen LogP contribution is 2.32. The SMILES string of the molecule is O=S(c1cccc(C(F)(F)F)c1)C(F)(F)F. The average Bonchev–Trinajstić information content (AvgIpc) is 2.14. The van der Waals surface area contributed by atoms with Gasteiger partial charge in [-0.1, -0.05) is 6.07 Å². The second-order valence-corrected chi connectivity index (χ2v) is 4.21. The zero-order valence-corrected chi connectivity index (χ0v) is 8.21. The Balaban J connectivity index is 3.14. The van der Waals surface area contributed by atoms with Crippen LogP contribution in [0.2, 0.25) is 0 Å². The van der Waals surface area contributed by atoms with Gasteiger partial charge >= 0.3 is 11.7 Å². The molecule has 1 rings (SSSR count). The lowest BCUT2D eigenvalue weighted by molar-refractivity contribution is -0.137. The number of rotatable bonds is 1. The second kappa shape index (κ2) is 4.08. The lowest BCUT2D eigenvalue weighted by Crippen LogP contribution is -2.17. The maximum Gasteiger partial charge on any atom is 0.475 e. The monoisotopic (exact) mass is 262 g/mol. The van der Waals surface area contributed by atoms with Gasteiger partial charge in [0, 0.05) is 4.90 Å². The maximum absolute atomic E-state index is 12.1. The Morgan fingerprint density at radius 2 is 1.56 bits per heavy atom. The molecule has 8 heteroatoms. The molecule has 0 bridgehead atoms. The number of halogens is 6. The minimum atomic E-state index is -5.07. The zero-order valence-electron chi connectivity index (χ0n) is 7.39. The highest BCUT2D eigenvalue weighted by atomic mass is 32.2. The van der Waals surface area contributed by atoms with E-state index in [0.29, 0.717) is 6.07 Å². The minimum absolute atomic E-state index is 0.226. The molecule has 0 aromatic heterocycles. The molecule has 16 heavy (non-hydrogen) atoms. The Labute approximate surface area is 88.5 Å². The quantitative estimate of drug-likeness (QED) is 0.709. The first-order valence-corrected chi connectivity index (χ1v) is 4.93. The fourth-order valence-electron chi connectivity index (χ4n) is 0.921. The summed E-state index contributed by atoms with van der Waals surface area (Å²) in [6.45, 7) is 0. The van der Waals surface area contributed by atoms with Crippen LogP contribution in [-0.2, 0) is 17.0 Å². The summed E-state index contributed by atoms with van der Waals surface area (Å²) >= 11 is 0. The molecule has 0 aliphatic heterocycles. The lowest BCUT2D eigenvalue weighted by Gasteiger charge is -2.09. The van der Waals surface area contributed by atoms with Crippen molar-refractivity contribution < 1.29 is 30.6 Å². The molecule has 0 heterocycles. The van der Waals surface area contributed by atoms with E-state index in [1.807, 2.05) is 0 Å². The van der Waals surface area contributed by atoms with Gasteiger partial charge in [0.05, 0.1) is 5.56 Å². The third kappa shape index (κ3) is 2.97. The molecule has 0 fully saturated rings. The molecular formula is C8H4F6OS. The van der Waals surface area contributed by atoms with Gasteiger partial charge in [-0.15, -0.1) is 0 Å². The van der Waals surface area contributed by atoms with Crippen molar-refractivity contribution in [2.75, 3.05) is 0 Å². The standard InChI is InChI=1S/C8H4F6OS/c9-7(10,11)5-2-1-3-6(4-5)16(15)8(12,13)14/h1-4H. The molecule has 1 aromatic rings. The van der Waals surface area contributed by atoms with Crippen molar-refractivity contribution in [2.45, 2.75) is 16.6 Å². The molecule has 0 N–H and O–H groups in total. The van der Waals surface area contributed by atoms with Crippen LogP contribution in [0.15, 0.2) is 29.2 Å². The molecule has 1 aromatic carbocycles. The van der Waals surface area contributed by atoms with Crippen molar-refractivity contribution in [1.29, 1.82) is 0 Å². The molecule has 1 nitrogen and oxygen atoms in total. The highest BCUT2D eigenvalue weighted by molar-refractivity contribution is 7.86. The van der Waals surface area contributed by atoms with Gasteiger partial charge in [0.2, 0.25) is 0 Å². The smallest absolute Gasteiger partial charge is 0.245 e. The van der Waals surface area contributed by atoms with Crippen molar-refractivity contribution in [2.24, 2.45) is 0 Å². The van der Waals surface area contributed by atoms with Crippen LogP contribution >= 0.6 is 0 Å². The summed E-state index contributed by atoms with van der Waals surface area (Å²) in [7, 11) is -3.45. The van der Waals surface area contributed by atoms with Crippen LogP contribution in [0.5, 0.6) is 0 Å². The Bertz CT molecular complexity index is 408. The van der Waals surface area contributed by atoms with Crippen molar-refractivity contribution in [3.05, 3.63) is 29.8 Å². The first-order valence-electron chi connectivity index (χ1n) is 3.78. The lowest BCUT2D eigenvalue weighted by atomic mass is 10.2. The second-order valence-electron chi connectivity index (χ2n) is 2.74. The molecule has 0 saturated heterocycles. The summed E-state index contributed by atoms with van der Waals surface area (Å²) in [5, 5.41) is 0. The average molecular weight is 262 g/mol. The van der Waals surface area contributed by atoms with Crippen LogP contribution in [0.25, 0.3) is 0 Å². The summed E-state index contributed by atoms with van der Waals surface area (Å²) in [6, 6.07) is 2.35. The summed E-state index contributed by atoms with van der Waals surface area (Å²) < 4.78 is 83.2. The van der Waals surface area contributed by atoms with Crippen LogP contribution < -0.4 is 0 Å². The molecular weight excluding hydrogens is 258 g/mol. The van der Waals surface area contributed by atoms with Gasteiger partial charge in [-0.3, -0.25) is 0 Å². The normalized spacial score (nSPS) is 14.9. The van der Waals surface area contributed by atoms with E-state index in [-0.39, 0.29) is 6.07 Å². The Morgan fingerprint density at radius 1 is 1.00 bits per heavy atom. The van der Waals surface area contributed by atoms with Gasteiger partial charge in [0.25, 0.3) is 0 Å². The number of benzene rings is 1. The van der Waals surface area contributed by atoms with Crippen molar-refractivity contribution in [3.63, 3.8) is 0 Å². The Hall–Kier alpha value is -1.05. The van der Waals surface area contributed by atoms with Gasteiger partial charge in [-0.2, -0.15) is 26.3 Å². The molecule has 1 unspecified atom stereocenters. The van der Waals surface area contributed by atoms with Gasteiger partial charge in [-0.25, -0.2) is 4.21 Å². The van der Waals surface area contributed by atoms with E-state index < -0.39 is 32.9 Å². The summed E-state index contributed by atoms with van der Waals surface area (Å²) in [5.74, 6) is 0. The van der Waals surface area contributed by atoms with E-state index in [9.17, 15) is 30.6 Å². The number of hydrogen-bond acceptors (Lipinski definition) is 1. The summed E-state index contributed by atoms with van der Waals surface area (Å²) in [4.78, 5) is -0.915. The van der Waals surface area contributed by atoms with E-state index in [4.69, 9.17) is 0 Å². The summed E-state index contributed by atoms with van der Waals surface area (Å²) in [6.07, 6.45) is -4.76. The van der Waals surface area contributed by atoms with Crippen LogP contribution in [0, 0.1) is 0 Å². The van der Waals surface area contributed by atoms with E-state index in [2.05, 4.69) is 0 Å². The molecule has 0 aliphatic carbocycles. The molecule has 1 atom stereocenters. The third-order valence-corrected chi connectivity index (χ3v) is 2.69. The molecule has 0 radical (unpaired) electrons. The van der Waals surface area contributed by atoms with Gasteiger partial charge in [0.1, 0.15) is 0 Å². The van der Waals surface area contributed by atoms with Gasteiger partial charge < -0.3 is 0 Å². The van der Waals surface area contributed by atoms with Crippen molar-refractivity contribution in [1.82, 2.24) is 0 Å². The highest BCUT2D eigenvalue weighted by Gasteiger charge is 2.39. The predicted octanol–water partition coefficient (Wildman–Crippen LogP) is 3.33. The van der Waals surface area contributed by atoms with Gasteiger partial charge in [0.15, 0.2) is 10.8 Å². The maximum atomic E-state index is 12.1. The topological polar surface area (TPSA) is 17.1 Å². The predicted molar refractivity (Wildman–Crippen MR) is 43.9 cm³/mol. The number of alkyl halides is 6. The van der Waals surface area contributed by atoms with Crippen molar-refractivity contribution >= 4 is 10.8 Å². The van der Waals surface area contributed by atoms with Crippen LogP contribution in [0.3, 0.4) is 0 Å². The van der Waals surface area contributed by atoms with Crippen molar-refractivity contribution in [3.8, 4) is 0 Å². The zero-order chi connectivity index (χ0) is 12.6. The minimum Gasteiger partial charge on any atom is -0.245 e. The molecule has 0 spiro atoms. The molecule has 0 aliphatic rings. The first kappa shape index (κ1) is 13.0. The fraction of sp³-hybridized carbons (Fsp3) is 0.250. The van der Waals surface area contributed by atoms with E-state index in [1.54, 1.807) is 0 Å². The Kier molecular flexibility index (Phi) is 3.32. The van der Waals surface area contributed by atoms with E-state index in [0.717, 1.165) is 12.1 Å². The largest absolute Gasteiger partial charge is 0.475 e. The fourth-order valence-corrected chi connectivity index (χ4v) is 1.62. The van der Waals surface area contributed by atoms with E-state index in [1.165, 1.54) is 0 Å². The molecule has 0 amide bonds. The number of hydrogen-bond donors (Lipinski definition) is 0. The first-order chi connectivity index (χ1) is 7.12. The Morgan fingerprint density at radius 3 is 2.00 bits per heavy atom. The van der Waals surface area contributed by atoms with Crippen LogP contribution in [0.1, 0.15) is 5.56 Å². The van der Waals surface area contributed by atoms with Crippen LogP contribution in [0.4, 0.5) is 26.3 Å². The molecule has 90 valence electrons. The molecule has 0 saturated carbocycles. The van der Waals surface area contributed by atoms with E-state index >= 15 is 0 Å².